The first kappa shape index (κ1) is 8.01. The van der Waals surface area contributed by atoms with E-state index in [2.05, 4.69) is 10.3 Å². The highest BCUT2D eigenvalue weighted by molar-refractivity contribution is 5.32. The van der Waals surface area contributed by atoms with Crippen molar-refractivity contribution in [1.82, 2.24) is 4.98 Å². The summed E-state index contributed by atoms with van der Waals surface area (Å²) in [6.45, 7) is 2.27. The van der Waals surface area contributed by atoms with Crippen LogP contribution >= 0.6 is 0 Å². The maximum absolute atomic E-state index is 8.92. The van der Waals surface area contributed by atoms with E-state index < -0.39 is 0 Å². The van der Waals surface area contributed by atoms with Gasteiger partial charge in [0.2, 0.25) is 0 Å². The lowest BCUT2D eigenvalue weighted by atomic mass is 10.4. The van der Waals surface area contributed by atoms with Crippen LogP contribution in [0.15, 0.2) is 24.4 Å². The summed E-state index contributed by atoms with van der Waals surface area (Å²) in [5.74, 6) is 0.799. The van der Waals surface area contributed by atoms with Crippen LogP contribution in [-0.2, 0) is 0 Å². The predicted molar refractivity (Wildman–Crippen MR) is 44.4 cm³/mol. The smallest absolute Gasteiger partial charge is 0.125 e. The lowest BCUT2D eigenvalue weighted by Crippen LogP contribution is -2.15. The third kappa shape index (κ3) is 3.00. The second-order valence-electron chi connectivity index (χ2n) is 2.44. The Balaban J connectivity index is 2.39. The molecular weight excluding hydrogens is 140 g/mol. The molecule has 0 amide bonds. The molecule has 1 aromatic heterocycles. The largest absolute Gasteiger partial charge is 0.392 e. The highest BCUT2D eigenvalue weighted by Crippen LogP contribution is 1.98. The van der Waals surface area contributed by atoms with Gasteiger partial charge in [0.25, 0.3) is 0 Å². The number of nitrogens with zero attached hydrogens (tertiary/aromatic N) is 1. The molecule has 11 heavy (non-hydrogen) atoms. The van der Waals surface area contributed by atoms with Gasteiger partial charge in [-0.05, 0) is 19.1 Å². The molecule has 0 saturated heterocycles. The predicted octanol–water partition coefficient (Wildman–Crippen LogP) is 0.874. The number of nitrogens with one attached hydrogen (secondary N) is 1. The zero-order chi connectivity index (χ0) is 8.10. The topological polar surface area (TPSA) is 45.1 Å². The monoisotopic (exact) mass is 152 g/mol. The van der Waals surface area contributed by atoms with Crippen LogP contribution in [0, 0.1) is 0 Å². The Morgan fingerprint density at radius 2 is 2.45 bits per heavy atom. The van der Waals surface area contributed by atoms with E-state index in [-0.39, 0.29) is 6.10 Å². The Morgan fingerprint density at radius 3 is 3.00 bits per heavy atom. The van der Waals surface area contributed by atoms with E-state index >= 15 is 0 Å². The molecule has 0 saturated carbocycles. The summed E-state index contributed by atoms with van der Waals surface area (Å²) in [6.07, 6.45) is 1.38. The molecule has 2 N–H and O–H groups in total. The minimum atomic E-state index is -0.336. The van der Waals surface area contributed by atoms with Crippen molar-refractivity contribution >= 4 is 5.82 Å². The quantitative estimate of drug-likeness (QED) is 0.675. The third-order valence-electron chi connectivity index (χ3n) is 1.24. The summed E-state index contributed by atoms with van der Waals surface area (Å²) in [5.41, 5.74) is 0. The van der Waals surface area contributed by atoms with E-state index in [9.17, 15) is 0 Å². The molecule has 3 nitrogen and oxygen atoms in total. The van der Waals surface area contributed by atoms with Gasteiger partial charge in [0.05, 0.1) is 6.10 Å². The van der Waals surface area contributed by atoms with Crippen molar-refractivity contribution in [2.45, 2.75) is 13.0 Å². The summed E-state index contributed by atoms with van der Waals surface area (Å²) in [4.78, 5) is 4.03. The second-order valence-corrected chi connectivity index (χ2v) is 2.44. The molecule has 60 valence electrons. The summed E-state index contributed by atoms with van der Waals surface area (Å²) in [6, 6.07) is 5.62. The van der Waals surface area contributed by atoms with Crippen molar-refractivity contribution in [3.05, 3.63) is 24.4 Å². The minimum Gasteiger partial charge on any atom is -0.392 e. The van der Waals surface area contributed by atoms with Crippen molar-refractivity contribution in [2.24, 2.45) is 0 Å². The Labute approximate surface area is 66.1 Å². The average molecular weight is 152 g/mol. The lowest BCUT2D eigenvalue weighted by Gasteiger charge is -2.05. The van der Waals surface area contributed by atoms with Gasteiger partial charge in [-0.1, -0.05) is 6.07 Å². The molecule has 0 bridgehead atoms. The van der Waals surface area contributed by atoms with Gasteiger partial charge in [-0.2, -0.15) is 0 Å². The van der Waals surface area contributed by atoms with Crippen molar-refractivity contribution < 1.29 is 5.11 Å². The van der Waals surface area contributed by atoms with Crippen LogP contribution in [-0.4, -0.2) is 22.7 Å². The van der Waals surface area contributed by atoms with E-state index in [4.69, 9.17) is 5.11 Å². The zero-order valence-electron chi connectivity index (χ0n) is 6.49. The van der Waals surface area contributed by atoms with Gasteiger partial charge >= 0.3 is 0 Å². The van der Waals surface area contributed by atoms with Gasteiger partial charge < -0.3 is 10.4 Å². The molecule has 1 atom stereocenters. The van der Waals surface area contributed by atoms with Gasteiger partial charge in [0.15, 0.2) is 0 Å². The van der Waals surface area contributed by atoms with E-state index in [1.165, 1.54) is 0 Å². The molecule has 1 rings (SSSR count). The summed E-state index contributed by atoms with van der Waals surface area (Å²) < 4.78 is 0. The summed E-state index contributed by atoms with van der Waals surface area (Å²) in [7, 11) is 0. The normalized spacial score (nSPS) is 12.5. The lowest BCUT2D eigenvalue weighted by molar-refractivity contribution is 0.208. The van der Waals surface area contributed by atoms with E-state index in [1.54, 1.807) is 13.1 Å². The molecule has 0 aliphatic rings. The van der Waals surface area contributed by atoms with E-state index in [0.717, 1.165) is 5.82 Å². The molecule has 1 heterocycles. The first-order valence-corrected chi connectivity index (χ1v) is 3.62. The number of rotatable bonds is 3. The molecule has 0 spiro atoms. The Bertz CT molecular complexity index is 199. The number of pyridine rings is 1. The first-order valence-electron chi connectivity index (χ1n) is 3.62. The molecule has 3 heteroatoms. The van der Waals surface area contributed by atoms with Crippen molar-refractivity contribution in [1.29, 1.82) is 0 Å². The second kappa shape index (κ2) is 3.93. The number of hydrogen-bond acceptors (Lipinski definition) is 3. The van der Waals surface area contributed by atoms with Gasteiger partial charge in [0, 0.05) is 12.7 Å². The van der Waals surface area contributed by atoms with Gasteiger partial charge in [0.1, 0.15) is 5.82 Å². The molecule has 0 unspecified atom stereocenters. The third-order valence-corrected chi connectivity index (χ3v) is 1.24. The SMILES string of the molecule is C[C@H](O)CNc1ccccn1. The van der Waals surface area contributed by atoms with E-state index in [0.29, 0.717) is 6.54 Å². The van der Waals surface area contributed by atoms with E-state index in [1.807, 2.05) is 18.2 Å². The summed E-state index contributed by atoms with van der Waals surface area (Å²) >= 11 is 0. The van der Waals surface area contributed by atoms with Gasteiger partial charge in [-0.3, -0.25) is 0 Å². The molecule has 0 aliphatic heterocycles. The van der Waals surface area contributed by atoms with Crippen LogP contribution in [0.3, 0.4) is 0 Å². The molecule has 0 aliphatic carbocycles. The molecule has 0 fully saturated rings. The fraction of sp³-hybridized carbons (Fsp3) is 0.375. The minimum absolute atomic E-state index is 0.336. The molecule has 0 aromatic carbocycles. The number of anilines is 1. The number of hydrogen-bond donors (Lipinski definition) is 2. The van der Waals surface area contributed by atoms with Crippen LogP contribution in [0.2, 0.25) is 0 Å². The number of aliphatic hydroxyl groups is 1. The van der Waals surface area contributed by atoms with Crippen LogP contribution in [0.25, 0.3) is 0 Å². The van der Waals surface area contributed by atoms with Crippen LogP contribution in [0.4, 0.5) is 5.82 Å². The molecular formula is C8H12N2O. The Kier molecular flexibility index (Phi) is 2.86. The first-order chi connectivity index (χ1) is 5.29. The highest BCUT2D eigenvalue weighted by atomic mass is 16.3. The maximum atomic E-state index is 8.92. The highest BCUT2D eigenvalue weighted by Gasteiger charge is 1.94. The Hall–Kier alpha value is -1.09. The zero-order valence-corrected chi connectivity index (χ0v) is 6.49. The van der Waals surface area contributed by atoms with Crippen LogP contribution in [0.5, 0.6) is 0 Å². The number of aromatic nitrogens is 1. The number of aliphatic hydroxyl groups excluding tert-OH is 1. The van der Waals surface area contributed by atoms with Crippen molar-refractivity contribution in [3.8, 4) is 0 Å². The average Bonchev–Trinajstić information content (AvgIpc) is 2.03. The maximum Gasteiger partial charge on any atom is 0.125 e. The van der Waals surface area contributed by atoms with Gasteiger partial charge in [-0.25, -0.2) is 4.98 Å². The summed E-state index contributed by atoms with van der Waals surface area (Å²) in [5, 5.41) is 11.9. The molecule has 0 radical (unpaired) electrons. The molecule has 1 aromatic rings. The fourth-order valence-electron chi connectivity index (χ4n) is 0.720. The van der Waals surface area contributed by atoms with Crippen molar-refractivity contribution in [2.75, 3.05) is 11.9 Å². The van der Waals surface area contributed by atoms with Crippen molar-refractivity contribution in [3.63, 3.8) is 0 Å². The van der Waals surface area contributed by atoms with Crippen LogP contribution in [0.1, 0.15) is 6.92 Å². The fourth-order valence-corrected chi connectivity index (χ4v) is 0.720. The standard InChI is InChI=1S/C8H12N2O/c1-7(11)6-10-8-4-2-3-5-9-8/h2-5,7,11H,6H2,1H3,(H,9,10)/t7-/m0/s1. The van der Waals surface area contributed by atoms with Gasteiger partial charge in [-0.15, -0.1) is 0 Å². The van der Waals surface area contributed by atoms with Crippen LogP contribution < -0.4 is 5.32 Å². The Morgan fingerprint density at radius 1 is 1.64 bits per heavy atom.